The SMILES string of the molecule is CC(CN1CCN(C(=O)OC(C)(C)C)CC1)c1ccccc1. The van der Waals surface area contributed by atoms with Crippen LogP contribution < -0.4 is 0 Å². The Labute approximate surface area is 134 Å². The average molecular weight is 304 g/mol. The smallest absolute Gasteiger partial charge is 0.410 e. The number of nitrogens with zero attached hydrogens (tertiary/aromatic N) is 2. The Balaban J connectivity index is 1.79. The molecule has 1 atom stereocenters. The summed E-state index contributed by atoms with van der Waals surface area (Å²) in [5.41, 5.74) is 0.952. The van der Waals surface area contributed by atoms with Crippen molar-refractivity contribution in [2.45, 2.75) is 39.2 Å². The van der Waals surface area contributed by atoms with Crippen molar-refractivity contribution in [3.05, 3.63) is 35.9 Å². The molecule has 1 fully saturated rings. The Hall–Kier alpha value is -1.55. The summed E-state index contributed by atoms with van der Waals surface area (Å²) in [5.74, 6) is 0.509. The molecule has 0 aliphatic carbocycles. The van der Waals surface area contributed by atoms with Crippen LogP contribution in [0.25, 0.3) is 0 Å². The second-order valence-corrected chi connectivity index (χ2v) is 7.08. The third kappa shape index (κ3) is 5.02. The van der Waals surface area contributed by atoms with Gasteiger partial charge in [-0.1, -0.05) is 37.3 Å². The van der Waals surface area contributed by atoms with Gasteiger partial charge in [-0.15, -0.1) is 0 Å². The van der Waals surface area contributed by atoms with Crippen molar-refractivity contribution in [3.63, 3.8) is 0 Å². The lowest BCUT2D eigenvalue weighted by atomic mass is 10.0. The fourth-order valence-electron chi connectivity index (χ4n) is 2.71. The van der Waals surface area contributed by atoms with E-state index in [4.69, 9.17) is 4.74 Å². The molecule has 0 bridgehead atoms. The summed E-state index contributed by atoms with van der Waals surface area (Å²) in [6, 6.07) is 10.6. The maximum Gasteiger partial charge on any atom is 0.410 e. The number of piperazine rings is 1. The lowest BCUT2D eigenvalue weighted by Crippen LogP contribution is -2.50. The van der Waals surface area contributed by atoms with Gasteiger partial charge in [0.2, 0.25) is 0 Å². The quantitative estimate of drug-likeness (QED) is 0.858. The maximum atomic E-state index is 12.0. The van der Waals surface area contributed by atoms with Gasteiger partial charge in [0.15, 0.2) is 0 Å². The van der Waals surface area contributed by atoms with Gasteiger partial charge < -0.3 is 9.64 Å². The molecule has 1 saturated heterocycles. The average Bonchev–Trinajstić information content (AvgIpc) is 2.47. The van der Waals surface area contributed by atoms with Crippen LogP contribution in [0.1, 0.15) is 39.2 Å². The first-order chi connectivity index (χ1) is 10.3. The fraction of sp³-hybridized carbons (Fsp3) is 0.611. The van der Waals surface area contributed by atoms with E-state index in [1.165, 1.54) is 5.56 Å². The van der Waals surface area contributed by atoms with Gasteiger partial charge in [0.05, 0.1) is 0 Å². The second-order valence-electron chi connectivity index (χ2n) is 7.08. The Morgan fingerprint density at radius 3 is 2.27 bits per heavy atom. The molecule has 22 heavy (non-hydrogen) atoms. The monoisotopic (exact) mass is 304 g/mol. The standard InChI is InChI=1S/C18H28N2O2/c1-15(16-8-6-5-7-9-16)14-19-10-12-20(13-11-19)17(21)22-18(2,3)4/h5-9,15H,10-14H2,1-4H3. The van der Waals surface area contributed by atoms with E-state index in [-0.39, 0.29) is 6.09 Å². The van der Waals surface area contributed by atoms with Crippen LogP contribution in [0.3, 0.4) is 0 Å². The van der Waals surface area contributed by atoms with Gasteiger partial charge in [0, 0.05) is 32.7 Å². The number of ether oxygens (including phenoxy) is 1. The minimum Gasteiger partial charge on any atom is -0.444 e. The zero-order valence-corrected chi connectivity index (χ0v) is 14.2. The molecule has 1 aromatic rings. The van der Waals surface area contributed by atoms with Crippen molar-refractivity contribution in [1.29, 1.82) is 0 Å². The molecule has 1 unspecified atom stereocenters. The van der Waals surface area contributed by atoms with E-state index in [9.17, 15) is 4.79 Å². The molecule has 1 heterocycles. The third-order valence-electron chi connectivity index (χ3n) is 3.92. The van der Waals surface area contributed by atoms with Gasteiger partial charge in [-0.25, -0.2) is 4.79 Å². The predicted molar refractivity (Wildman–Crippen MR) is 89.1 cm³/mol. The summed E-state index contributed by atoms with van der Waals surface area (Å²) in [6.45, 7) is 12.3. The number of hydrogen-bond donors (Lipinski definition) is 0. The molecule has 122 valence electrons. The van der Waals surface area contributed by atoms with E-state index >= 15 is 0 Å². The molecule has 1 aromatic carbocycles. The van der Waals surface area contributed by atoms with Gasteiger partial charge >= 0.3 is 6.09 Å². The fourth-order valence-corrected chi connectivity index (χ4v) is 2.71. The largest absolute Gasteiger partial charge is 0.444 e. The van der Waals surface area contributed by atoms with E-state index in [1.54, 1.807) is 0 Å². The summed E-state index contributed by atoms with van der Waals surface area (Å²) in [4.78, 5) is 16.3. The topological polar surface area (TPSA) is 32.8 Å². The Morgan fingerprint density at radius 1 is 1.14 bits per heavy atom. The highest BCUT2D eigenvalue weighted by Gasteiger charge is 2.26. The Kier molecular flexibility index (Phi) is 5.46. The van der Waals surface area contributed by atoms with E-state index in [1.807, 2.05) is 25.7 Å². The van der Waals surface area contributed by atoms with Crippen molar-refractivity contribution in [2.24, 2.45) is 0 Å². The first-order valence-corrected chi connectivity index (χ1v) is 8.10. The van der Waals surface area contributed by atoms with E-state index in [0.717, 1.165) is 32.7 Å². The van der Waals surface area contributed by atoms with Crippen LogP contribution in [-0.2, 0) is 4.74 Å². The third-order valence-corrected chi connectivity index (χ3v) is 3.92. The molecule has 0 spiro atoms. The number of hydrogen-bond acceptors (Lipinski definition) is 3. The number of carbonyl (C=O) groups excluding carboxylic acids is 1. The lowest BCUT2D eigenvalue weighted by molar-refractivity contribution is 0.0142. The van der Waals surface area contributed by atoms with Crippen LogP contribution in [-0.4, -0.2) is 54.2 Å². The first-order valence-electron chi connectivity index (χ1n) is 8.10. The molecule has 1 aliphatic rings. The minimum atomic E-state index is -0.421. The lowest BCUT2D eigenvalue weighted by Gasteiger charge is -2.36. The molecule has 1 aliphatic heterocycles. The summed E-state index contributed by atoms with van der Waals surface area (Å²) < 4.78 is 5.43. The van der Waals surface area contributed by atoms with Crippen LogP contribution in [0.4, 0.5) is 4.79 Å². The second kappa shape index (κ2) is 7.14. The van der Waals surface area contributed by atoms with Crippen molar-refractivity contribution < 1.29 is 9.53 Å². The molecule has 2 rings (SSSR count). The predicted octanol–water partition coefficient (Wildman–Crippen LogP) is 3.34. The molecule has 0 saturated carbocycles. The molecule has 1 amide bonds. The van der Waals surface area contributed by atoms with Crippen LogP contribution in [0, 0.1) is 0 Å². The van der Waals surface area contributed by atoms with Gasteiger partial charge in [-0.2, -0.15) is 0 Å². The highest BCUT2D eigenvalue weighted by molar-refractivity contribution is 5.68. The molecule has 0 aromatic heterocycles. The summed E-state index contributed by atoms with van der Waals surface area (Å²) in [6.07, 6.45) is -0.191. The van der Waals surface area contributed by atoms with Gasteiger partial charge in [0.25, 0.3) is 0 Å². The van der Waals surface area contributed by atoms with Crippen LogP contribution in [0.2, 0.25) is 0 Å². The first kappa shape index (κ1) is 16.8. The van der Waals surface area contributed by atoms with Gasteiger partial charge in [0.1, 0.15) is 5.60 Å². The molecular formula is C18H28N2O2. The summed E-state index contributed by atoms with van der Waals surface area (Å²) >= 11 is 0. The van der Waals surface area contributed by atoms with Crippen molar-refractivity contribution in [3.8, 4) is 0 Å². The van der Waals surface area contributed by atoms with Crippen LogP contribution in [0.15, 0.2) is 30.3 Å². The normalized spacial score (nSPS) is 18.1. The molecule has 0 N–H and O–H groups in total. The van der Waals surface area contributed by atoms with Crippen molar-refractivity contribution >= 4 is 6.09 Å². The van der Waals surface area contributed by atoms with Crippen LogP contribution >= 0.6 is 0 Å². The minimum absolute atomic E-state index is 0.191. The van der Waals surface area contributed by atoms with Gasteiger partial charge in [-0.05, 0) is 32.3 Å². The number of rotatable bonds is 3. The van der Waals surface area contributed by atoms with Gasteiger partial charge in [-0.3, -0.25) is 4.90 Å². The Bertz CT molecular complexity index is 474. The number of carbonyl (C=O) groups is 1. The highest BCUT2D eigenvalue weighted by atomic mass is 16.6. The zero-order chi connectivity index (χ0) is 16.2. The van der Waals surface area contributed by atoms with Crippen molar-refractivity contribution in [1.82, 2.24) is 9.80 Å². The highest BCUT2D eigenvalue weighted by Crippen LogP contribution is 2.18. The molecular weight excluding hydrogens is 276 g/mol. The van der Waals surface area contributed by atoms with E-state index < -0.39 is 5.60 Å². The van der Waals surface area contributed by atoms with Crippen molar-refractivity contribution in [2.75, 3.05) is 32.7 Å². The van der Waals surface area contributed by atoms with E-state index in [0.29, 0.717) is 5.92 Å². The summed E-state index contributed by atoms with van der Waals surface area (Å²) in [5, 5.41) is 0. The van der Waals surface area contributed by atoms with Crippen LogP contribution in [0.5, 0.6) is 0 Å². The van der Waals surface area contributed by atoms with E-state index in [2.05, 4.69) is 42.2 Å². The molecule has 4 heteroatoms. The maximum absolute atomic E-state index is 12.0. The summed E-state index contributed by atoms with van der Waals surface area (Å²) in [7, 11) is 0. The zero-order valence-electron chi connectivity index (χ0n) is 14.2. The number of benzene rings is 1. The Morgan fingerprint density at radius 2 is 1.73 bits per heavy atom. The molecule has 4 nitrogen and oxygen atoms in total. The molecule has 0 radical (unpaired) electrons. The number of amides is 1.